The summed E-state index contributed by atoms with van der Waals surface area (Å²) in [6.45, 7) is 1.95. The second kappa shape index (κ2) is 4.50. The number of hydrogen-bond donors (Lipinski definition) is 2. The first-order valence-electron chi connectivity index (χ1n) is 4.46. The van der Waals surface area contributed by atoms with Crippen LogP contribution < -0.4 is 11.1 Å². The molecule has 0 aliphatic heterocycles. The molecule has 0 amide bonds. The molecule has 0 saturated heterocycles. The first-order chi connectivity index (χ1) is 6.70. The van der Waals surface area contributed by atoms with Crippen molar-refractivity contribution in [3.05, 3.63) is 30.1 Å². The van der Waals surface area contributed by atoms with Crippen molar-refractivity contribution < 1.29 is 0 Å². The molecule has 0 saturated carbocycles. The Morgan fingerprint density at radius 1 is 1.64 bits per heavy atom. The molecule has 0 fully saturated rings. The van der Waals surface area contributed by atoms with Crippen LogP contribution in [0, 0.1) is 0 Å². The summed E-state index contributed by atoms with van der Waals surface area (Å²) in [5.74, 6) is 1.49. The van der Waals surface area contributed by atoms with Gasteiger partial charge in [0.05, 0.1) is 5.56 Å². The first kappa shape index (κ1) is 10.4. The highest BCUT2D eigenvalue weighted by Crippen LogP contribution is 2.15. The number of hydrogen-bond acceptors (Lipinski definition) is 2. The maximum atomic E-state index is 5.75. The maximum absolute atomic E-state index is 5.75. The van der Waals surface area contributed by atoms with E-state index in [0.29, 0.717) is 5.84 Å². The first-order valence-corrected chi connectivity index (χ1v) is 4.46. The number of nitrogens with one attached hydrogen (secondary N) is 1. The van der Waals surface area contributed by atoms with E-state index in [1.807, 2.05) is 43.1 Å². The second-order valence-electron chi connectivity index (χ2n) is 2.94. The fraction of sp³-hybridized carbons (Fsp3) is 0.300. The van der Waals surface area contributed by atoms with E-state index < -0.39 is 0 Å². The third-order valence-electron chi connectivity index (χ3n) is 1.98. The summed E-state index contributed by atoms with van der Waals surface area (Å²) in [7, 11) is 3.64. The molecular formula is C10H16N4. The van der Waals surface area contributed by atoms with Crippen LogP contribution in [0.1, 0.15) is 12.5 Å². The molecule has 4 nitrogen and oxygen atoms in total. The van der Waals surface area contributed by atoms with Gasteiger partial charge in [-0.25, -0.2) is 0 Å². The normalized spacial score (nSPS) is 12.4. The zero-order valence-electron chi connectivity index (χ0n) is 8.78. The van der Waals surface area contributed by atoms with Gasteiger partial charge in [-0.2, -0.15) is 0 Å². The van der Waals surface area contributed by atoms with Crippen LogP contribution in [-0.4, -0.2) is 17.5 Å². The minimum atomic E-state index is 0.539. The van der Waals surface area contributed by atoms with E-state index >= 15 is 0 Å². The fourth-order valence-electron chi connectivity index (χ4n) is 1.20. The van der Waals surface area contributed by atoms with Crippen LogP contribution in [0.2, 0.25) is 0 Å². The van der Waals surface area contributed by atoms with Crippen LogP contribution in [0.25, 0.3) is 0 Å². The number of nitrogens with zero attached hydrogens (tertiary/aromatic N) is 2. The van der Waals surface area contributed by atoms with E-state index in [1.54, 1.807) is 7.05 Å². The van der Waals surface area contributed by atoms with Crippen molar-refractivity contribution in [2.24, 2.45) is 17.8 Å². The molecule has 0 aliphatic rings. The molecule has 4 heteroatoms. The zero-order valence-corrected chi connectivity index (χ0v) is 8.78. The standard InChI is InChI=1S/C10H16N4/c1-4-6-13-10-8(9(11)12-2)5-7-14(10)3/h4-7,13H,1-3H3,(H2,11,12)/b6-4+. The highest BCUT2D eigenvalue weighted by Gasteiger charge is 2.07. The lowest BCUT2D eigenvalue weighted by molar-refractivity contribution is 0.935. The molecular weight excluding hydrogens is 176 g/mol. The van der Waals surface area contributed by atoms with Crippen molar-refractivity contribution >= 4 is 11.7 Å². The van der Waals surface area contributed by atoms with Crippen LogP contribution in [0.15, 0.2) is 29.5 Å². The summed E-state index contributed by atoms with van der Waals surface area (Å²) >= 11 is 0. The highest BCUT2D eigenvalue weighted by molar-refractivity contribution is 6.02. The third kappa shape index (κ3) is 1.96. The van der Waals surface area contributed by atoms with Crippen molar-refractivity contribution in [1.82, 2.24) is 4.57 Å². The van der Waals surface area contributed by atoms with Gasteiger partial charge in [0.1, 0.15) is 11.7 Å². The summed E-state index contributed by atoms with van der Waals surface area (Å²) in [5, 5.41) is 3.15. The monoisotopic (exact) mass is 192 g/mol. The topological polar surface area (TPSA) is 55.3 Å². The van der Waals surface area contributed by atoms with E-state index in [2.05, 4.69) is 10.3 Å². The predicted octanol–water partition coefficient (Wildman–Crippen LogP) is 1.31. The lowest BCUT2D eigenvalue weighted by Gasteiger charge is -2.06. The minimum absolute atomic E-state index is 0.539. The van der Waals surface area contributed by atoms with Gasteiger partial charge in [0.15, 0.2) is 0 Å². The molecule has 0 bridgehead atoms. The molecule has 1 heterocycles. The smallest absolute Gasteiger partial charge is 0.129 e. The number of rotatable bonds is 3. The average molecular weight is 192 g/mol. The van der Waals surface area contributed by atoms with Crippen LogP contribution >= 0.6 is 0 Å². The minimum Gasteiger partial charge on any atom is -0.383 e. The quantitative estimate of drug-likeness (QED) is 0.560. The van der Waals surface area contributed by atoms with E-state index in [9.17, 15) is 0 Å². The van der Waals surface area contributed by atoms with Gasteiger partial charge in [-0.3, -0.25) is 4.99 Å². The number of amidine groups is 1. The second-order valence-corrected chi connectivity index (χ2v) is 2.94. The van der Waals surface area contributed by atoms with Crippen LogP contribution in [0.3, 0.4) is 0 Å². The Labute approximate surface area is 84.1 Å². The summed E-state index contributed by atoms with van der Waals surface area (Å²) in [5.41, 5.74) is 6.68. The Bertz CT molecular complexity index is 360. The van der Waals surface area contributed by atoms with Gasteiger partial charge in [0.2, 0.25) is 0 Å². The molecule has 0 aliphatic carbocycles. The van der Waals surface area contributed by atoms with Crippen LogP contribution in [0.5, 0.6) is 0 Å². The van der Waals surface area contributed by atoms with Gasteiger partial charge in [0, 0.05) is 20.3 Å². The molecule has 1 rings (SSSR count). The van der Waals surface area contributed by atoms with Crippen molar-refractivity contribution in [1.29, 1.82) is 0 Å². The number of nitrogens with two attached hydrogens (primary N) is 1. The van der Waals surface area contributed by atoms with Gasteiger partial charge >= 0.3 is 0 Å². The van der Waals surface area contributed by atoms with E-state index in [1.165, 1.54) is 0 Å². The third-order valence-corrected chi connectivity index (χ3v) is 1.98. The summed E-state index contributed by atoms with van der Waals surface area (Å²) in [6.07, 6.45) is 5.73. The van der Waals surface area contributed by atoms with Gasteiger partial charge < -0.3 is 15.6 Å². The average Bonchev–Trinajstić information content (AvgIpc) is 2.56. The lowest BCUT2D eigenvalue weighted by atomic mass is 10.3. The van der Waals surface area contributed by atoms with E-state index in [4.69, 9.17) is 5.73 Å². The number of aromatic nitrogens is 1. The lowest BCUT2D eigenvalue weighted by Crippen LogP contribution is -2.14. The maximum Gasteiger partial charge on any atom is 0.129 e. The summed E-state index contributed by atoms with van der Waals surface area (Å²) in [4.78, 5) is 3.96. The van der Waals surface area contributed by atoms with Gasteiger partial charge in [0.25, 0.3) is 0 Å². The Morgan fingerprint density at radius 2 is 2.36 bits per heavy atom. The number of aryl methyl sites for hydroxylation is 1. The molecule has 0 atom stereocenters. The van der Waals surface area contributed by atoms with E-state index in [0.717, 1.165) is 11.4 Å². The molecule has 0 spiro atoms. The predicted molar refractivity (Wildman–Crippen MR) is 60.5 cm³/mol. The molecule has 0 radical (unpaired) electrons. The molecule has 0 aromatic carbocycles. The molecule has 1 aromatic heterocycles. The summed E-state index contributed by atoms with van der Waals surface area (Å²) < 4.78 is 1.97. The van der Waals surface area contributed by atoms with Crippen molar-refractivity contribution in [3.63, 3.8) is 0 Å². The van der Waals surface area contributed by atoms with Gasteiger partial charge in [-0.15, -0.1) is 0 Å². The van der Waals surface area contributed by atoms with Crippen LogP contribution in [0.4, 0.5) is 5.82 Å². The number of allylic oxidation sites excluding steroid dienone is 1. The fourth-order valence-corrected chi connectivity index (χ4v) is 1.20. The Morgan fingerprint density at radius 3 is 2.93 bits per heavy atom. The van der Waals surface area contributed by atoms with E-state index in [-0.39, 0.29) is 0 Å². The molecule has 14 heavy (non-hydrogen) atoms. The molecule has 1 aromatic rings. The van der Waals surface area contributed by atoms with Crippen molar-refractivity contribution in [3.8, 4) is 0 Å². The van der Waals surface area contributed by atoms with Crippen LogP contribution in [-0.2, 0) is 7.05 Å². The van der Waals surface area contributed by atoms with Crippen molar-refractivity contribution in [2.75, 3.05) is 12.4 Å². The number of anilines is 1. The zero-order chi connectivity index (χ0) is 10.6. The molecule has 3 N–H and O–H groups in total. The van der Waals surface area contributed by atoms with Crippen molar-refractivity contribution in [2.45, 2.75) is 6.92 Å². The Balaban J connectivity index is 3.06. The SMILES string of the molecule is C/C=C/Nc1c(C(N)=NC)ccn1C. The number of aliphatic imine (C=N–C) groups is 1. The largest absolute Gasteiger partial charge is 0.383 e. The highest BCUT2D eigenvalue weighted by atomic mass is 15.1. The molecule has 0 unspecified atom stereocenters. The Kier molecular flexibility index (Phi) is 3.34. The Hall–Kier alpha value is -1.71. The van der Waals surface area contributed by atoms with Gasteiger partial charge in [-0.05, 0) is 19.2 Å². The molecule has 76 valence electrons. The summed E-state index contributed by atoms with van der Waals surface area (Å²) in [6, 6.07) is 1.94. The van der Waals surface area contributed by atoms with Gasteiger partial charge in [-0.1, -0.05) is 6.08 Å².